The van der Waals surface area contributed by atoms with Gasteiger partial charge in [0.15, 0.2) is 0 Å². The zero-order valence-corrected chi connectivity index (χ0v) is 14.4. The first kappa shape index (κ1) is 19.4. The van der Waals surface area contributed by atoms with Crippen molar-refractivity contribution in [3.05, 3.63) is 64.7 Å². The van der Waals surface area contributed by atoms with Gasteiger partial charge < -0.3 is 14.8 Å². The van der Waals surface area contributed by atoms with Crippen LogP contribution in [0.25, 0.3) is 0 Å². The van der Waals surface area contributed by atoms with Crippen molar-refractivity contribution in [1.82, 2.24) is 5.32 Å². The van der Waals surface area contributed by atoms with Crippen LogP contribution in [0.3, 0.4) is 0 Å². The quantitative estimate of drug-likeness (QED) is 0.766. The molecule has 0 atom stereocenters. The molecule has 2 aromatic rings. The van der Waals surface area contributed by atoms with E-state index in [1.807, 2.05) is 19.9 Å². The molecule has 26 heavy (non-hydrogen) atoms. The molecule has 7 heteroatoms. The van der Waals surface area contributed by atoms with Crippen molar-refractivity contribution in [2.45, 2.75) is 27.1 Å². The number of ether oxygens (including phenoxy) is 2. The number of para-hydroxylation sites is 1. The minimum atomic E-state index is -2.97. The van der Waals surface area contributed by atoms with Crippen molar-refractivity contribution >= 4 is 11.9 Å². The lowest BCUT2D eigenvalue weighted by Gasteiger charge is -2.11. The van der Waals surface area contributed by atoms with Crippen molar-refractivity contribution in [3.8, 4) is 5.75 Å². The maximum atomic E-state index is 12.3. The lowest BCUT2D eigenvalue weighted by molar-refractivity contribution is -0.143. The second kappa shape index (κ2) is 8.94. The molecular formula is C19H19F2NO4. The van der Waals surface area contributed by atoms with Crippen LogP contribution in [0.2, 0.25) is 0 Å². The second-order valence-corrected chi connectivity index (χ2v) is 5.71. The van der Waals surface area contributed by atoms with Gasteiger partial charge in [0.25, 0.3) is 5.91 Å². The zero-order valence-electron chi connectivity index (χ0n) is 14.4. The molecule has 0 saturated carbocycles. The van der Waals surface area contributed by atoms with Crippen LogP contribution in [0, 0.1) is 13.8 Å². The molecule has 0 aliphatic heterocycles. The van der Waals surface area contributed by atoms with Crippen molar-refractivity contribution in [2.24, 2.45) is 0 Å². The minimum Gasteiger partial charge on any atom is -0.459 e. The Labute approximate surface area is 149 Å². The van der Waals surface area contributed by atoms with Crippen molar-refractivity contribution in [3.63, 3.8) is 0 Å². The highest BCUT2D eigenvalue weighted by atomic mass is 19.3. The van der Waals surface area contributed by atoms with E-state index in [2.05, 4.69) is 10.1 Å². The molecule has 0 spiro atoms. The molecule has 0 radical (unpaired) electrons. The summed E-state index contributed by atoms with van der Waals surface area (Å²) in [7, 11) is 0. The lowest BCUT2D eigenvalue weighted by Crippen LogP contribution is -2.30. The summed E-state index contributed by atoms with van der Waals surface area (Å²) in [6, 6.07) is 11.4. The van der Waals surface area contributed by atoms with Gasteiger partial charge in [-0.05, 0) is 32.0 Å². The Morgan fingerprint density at radius 3 is 2.38 bits per heavy atom. The highest BCUT2D eigenvalue weighted by Crippen LogP contribution is 2.21. The molecule has 5 nitrogen and oxygen atoms in total. The monoisotopic (exact) mass is 363 g/mol. The fraction of sp³-hybridized carbons (Fsp3) is 0.263. The predicted octanol–water partition coefficient (Wildman–Crippen LogP) is 3.38. The second-order valence-electron chi connectivity index (χ2n) is 5.71. The largest absolute Gasteiger partial charge is 0.459 e. The Hall–Kier alpha value is -2.96. The number of aryl methyl sites for hydroxylation is 2. The predicted molar refractivity (Wildman–Crippen MR) is 91.1 cm³/mol. The van der Waals surface area contributed by atoms with Crippen molar-refractivity contribution in [2.75, 3.05) is 6.54 Å². The molecule has 0 saturated heterocycles. The number of rotatable bonds is 7. The topological polar surface area (TPSA) is 64.6 Å². The highest BCUT2D eigenvalue weighted by Gasteiger charge is 2.13. The van der Waals surface area contributed by atoms with E-state index in [-0.39, 0.29) is 18.9 Å². The van der Waals surface area contributed by atoms with E-state index in [1.54, 1.807) is 18.2 Å². The third kappa shape index (κ3) is 5.84. The van der Waals surface area contributed by atoms with Gasteiger partial charge in [0.2, 0.25) is 0 Å². The van der Waals surface area contributed by atoms with E-state index in [4.69, 9.17) is 4.74 Å². The van der Waals surface area contributed by atoms with Gasteiger partial charge in [-0.25, -0.2) is 0 Å². The Bertz CT molecular complexity index is 773. The van der Waals surface area contributed by atoms with Crippen molar-refractivity contribution in [1.29, 1.82) is 0 Å². The number of halogens is 2. The summed E-state index contributed by atoms with van der Waals surface area (Å²) in [4.78, 5) is 23.9. The molecule has 0 fully saturated rings. The normalized spacial score (nSPS) is 10.5. The summed E-state index contributed by atoms with van der Waals surface area (Å²) in [5, 5.41) is 2.47. The van der Waals surface area contributed by atoms with Gasteiger partial charge in [-0.1, -0.05) is 35.4 Å². The van der Waals surface area contributed by atoms with E-state index in [1.165, 1.54) is 18.2 Å². The summed E-state index contributed by atoms with van der Waals surface area (Å²) in [6.07, 6.45) is 0. The molecule has 1 amide bonds. The molecule has 0 bridgehead atoms. The average Bonchev–Trinajstić information content (AvgIpc) is 2.57. The van der Waals surface area contributed by atoms with E-state index in [0.29, 0.717) is 11.1 Å². The first-order valence-corrected chi connectivity index (χ1v) is 7.90. The summed E-state index contributed by atoms with van der Waals surface area (Å²) in [5.74, 6) is -1.14. The average molecular weight is 363 g/mol. The highest BCUT2D eigenvalue weighted by molar-refractivity contribution is 5.96. The van der Waals surface area contributed by atoms with Gasteiger partial charge in [0, 0.05) is 11.1 Å². The standard InChI is InChI=1S/C19H19F2NO4/c1-12-7-13(2)9-15(8-12)18(24)22-10-17(23)25-11-14-5-3-4-6-16(14)26-19(20)21/h3-9,19H,10-11H2,1-2H3,(H,22,24). The number of carbonyl (C=O) groups excluding carboxylic acids is 2. The van der Waals surface area contributed by atoms with Gasteiger partial charge in [0.1, 0.15) is 18.9 Å². The first-order valence-electron chi connectivity index (χ1n) is 7.90. The molecular weight excluding hydrogens is 344 g/mol. The molecule has 1 N–H and O–H groups in total. The number of nitrogens with one attached hydrogen (secondary N) is 1. The van der Waals surface area contributed by atoms with Gasteiger partial charge in [-0.15, -0.1) is 0 Å². The van der Waals surface area contributed by atoms with Crippen LogP contribution in [0.15, 0.2) is 42.5 Å². The lowest BCUT2D eigenvalue weighted by atomic mass is 10.1. The van der Waals surface area contributed by atoms with E-state index in [9.17, 15) is 18.4 Å². The minimum absolute atomic E-state index is 0.0606. The van der Waals surface area contributed by atoms with Crippen LogP contribution in [0.5, 0.6) is 5.75 Å². The van der Waals surface area contributed by atoms with Gasteiger partial charge >= 0.3 is 12.6 Å². The van der Waals surface area contributed by atoms with Gasteiger partial charge in [-0.3, -0.25) is 9.59 Å². The smallest absolute Gasteiger partial charge is 0.387 e. The Balaban J connectivity index is 1.87. The Morgan fingerprint density at radius 1 is 1.08 bits per heavy atom. The maximum absolute atomic E-state index is 12.3. The number of alkyl halides is 2. The molecule has 0 aromatic heterocycles. The van der Waals surface area contributed by atoms with E-state index in [0.717, 1.165) is 11.1 Å². The fourth-order valence-electron chi connectivity index (χ4n) is 2.40. The molecule has 0 heterocycles. The first-order chi connectivity index (χ1) is 12.3. The SMILES string of the molecule is Cc1cc(C)cc(C(=O)NCC(=O)OCc2ccccc2OC(F)F)c1. The van der Waals surface area contributed by atoms with E-state index >= 15 is 0 Å². The third-order valence-electron chi connectivity index (χ3n) is 3.45. The number of amides is 1. The van der Waals surface area contributed by atoms with Crippen molar-refractivity contribution < 1.29 is 27.8 Å². The van der Waals surface area contributed by atoms with Crippen LogP contribution in [0.1, 0.15) is 27.0 Å². The Kier molecular flexibility index (Phi) is 6.66. The molecule has 0 aliphatic rings. The van der Waals surface area contributed by atoms with Crippen LogP contribution >= 0.6 is 0 Å². The molecule has 138 valence electrons. The summed E-state index contributed by atoms with van der Waals surface area (Å²) < 4.78 is 34.1. The maximum Gasteiger partial charge on any atom is 0.387 e. The van der Waals surface area contributed by atoms with Crippen LogP contribution in [0.4, 0.5) is 8.78 Å². The number of esters is 1. The number of carbonyl (C=O) groups is 2. The molecule has 2 aromatic carbocycles. The number of hydrogen-bond donors (Lipinski definition) is 1. The summed E-state index contributed by atoms with van der Waals surface area (Å²) in [6.45, 7) is 0.211. The van der Waals surface area contributed by atoms with Crippen LogP contribution in [-0.4, -0.2) is 25.0 Å². The zero-order chi connectivity index (χ0) is 19.1. The third-order valence-corrected chi connectivity index (χ3v) is 3.45. The van der Waals surface area contributed by atoms with Gasteiger partial charge in [0.05, 0.1) is 0 Å². The Morgan fingerprint density at radius 2 is 1.73 bits per heavy atom. The molecule has 2 rings (SSSR count). The van der Waals surface area contributed by atoms with Crippen LogP contribution in [-0.2, 0) is 16.1 Å². The number of benzene rings is 2. The number of hydrogen-bond acceptors (Lipinski definition) is 4. The summed E-state index contributed by atoms with van der Waals surface area (Å²) >= 11 is 0. The fourth-order valence-corrected chi connectivity index (χ4v) is 2.40. The molecule has 0 unspecified atom stereocenters. The van der Waals surface area contributed by atoms with E-state index < -0.39 is 18.5 Å². The molecule has 0 aliphatic carbocycles. The summed E-state index contributed by atoms with van der Waals surface area (Å²) in [5.41, 5.74) is 2.63. The van der Waals surface area contributed by atoms with Gasteiger partial charge in [-0.2, -0.15) is 8.78 Å². The van der Waals surface area contributed by atoms with Crippen LogP contribution < -0.4 is 10.1 Å².